The van der Waals surface area contributed by atoms with Gasteiger partial charge in [0.05, 0.1) is 18.2 Å². The first-order valence-corrected chi connectivity index (χ1v) is 6.37. The molecule has 0 amide bonds. The van der Waals surface area contributed by atoms with Gasteiger partial charge >= 0.3 is 0 Å². The van der Waals surface area contributed by atoms with E-state index in [9.17, 15) is 10.0 Å². The van der Waals surface area contributed by atoms with Crippen LogP contribution in [0.4, 0.5) is 0 Å². The average molecular weight is 227 g/mol. The zero-order valence-electron chi connectivity index (χ0n) is 10.4. The third kappa shape index (κ3) is 2.00. The second-order valence-corrected chi connectivity index (χ2v) is 5.72. The third-order valence-electron chi connectivity index (χ3n) is 4.13. The van der Waals surface area contributed by atoms with Gasteiger partial charge in [0.15, 0.2) is 0 Å². The van der Waals surface area contributed by atoms with Gasteiger partial charge in [0.2, 0.25) is 12.6 Å². The van der Waals surface area contributed by atoms with E-state index in [1.165, 1.54) is 17.6 Å². The predicted molar refractivity (Wildman–Crippen MR) is 62.4 cm³/mol. The lowest BCUT2D eigenvalue weighted by atomic mass is 9.82. The molecule has 0 spiro atoms. The SMILES string of the molecule is CC1(C)C[N+](=O)[C@H]2CCCC[C@@H]2N1CCO. The maximum atomic E-state index is 12.0. The van der Waals surface area contributed by atoms with Crippen LogP contribution in [0.5, 0.6) is 0 Å². The molecule has 0 aromatic carbocycles. The normalized spacial score (nSPS) is 34.8. The molecule has 1 saturated heterocycles. The molecule has 1 aliphatic heterocycles. The molecule has 1 heterocycles. The molecule has 4 heteroatoms. The number of piperazine rings is 1. The zero-order chi connectivity index (χ0) is 11.8. The second kappa shape index (κ2) is 4.41. The van der Waals surface area contributed by atoms with E-state index in [4.69, 9.17) is 0 Å². The summed E-state index contributed by atoms with van der Waals surface area (Å²) in [4.78, 5) is 14.4. The predicted octanol–water partition coefficient (Wildman–Crippen LogP) is 1.16. The van der Waals surface area contributed by atoms with Crippen molar-refractivity contribution < 1.29 is 9.87 Å². The minimum atomic E-state index is -0.108. The molecule has 1 aliphatic carbocycles. The summed E-state index contributed by atoms with van der Waals surface area (Å²) in [5.41, 5.74) is -0.108. The van der Waals surface area contributed by atoms with Gasteiger partial charge in [-0.2, -0.15) is 0 Å². The number of hydrogen-bond donors (Lipinski definition) is 1. The topological polar surface area (TPSA) is 43.5 Å². The van der Waals surface area contributed by atoms with E-state index in [1.807, 2.05) is 0 Å². The highest BCUT2D eigenvalue weighted by Gasteiger charge is 2.51. The van der Waals surface area contributed by atoms with Crippen LogP contribution in [-0.2, 0) is 0 Å². The first-order chi connectivity index (χ1) is 7.56. The van der Waals surface area contributed by atoms with E-state index in [-0.39, 0.29) is 18.2 Å². The number of rotatable bonds is 2. The molecule has 1 saturated carbocycles. The van der Waals surface area contributed by atoms with E-state index in [0.29, 0.717) is 19.1 Å². The third-order valence-corrected chi connectivity index (χ3v) is 4.13. The van der Waals surface area contributed by atoms with Crippen molar-refractivity contribution in [3.8, 4) is 0 Å². The molecule has 92 valence electrons. The second-order valence-electron chi connectivity index (χ2n) is 5.72. The fraction of sp³-hybridized carbons (Fsp3) is 1.00. The van der Waals surface area contributed by atoms with E-state index < -0.39 is 0 Å². The van der Waals surface area contributed by atoms with Crippen molar-refractivity contribution in [3.05, 3.63) is 4.91 Å². The molecule has 16 heavy (non-hydrogen) atoms. The van der Waals surface area contributed by atoms with Crippen molar-refractivity contribution in [3.63, 3.8) is 0 Å². The Hall–Kier alpha value is -0.480. The molecular weight excluding hydrogens is 204 g/mol. The Balaban J connectivity index is 2.21. The van der Waals surface area contributed by atoms with Gasteiger partial charge in [0.25, 0.3) is 0 Å². The number of β-amino-alcohol motifs (C(OH)–C–C–N with tert-alkyl or cyclic N) is 1. The summed E-state index contributed by atoms with van der Waals surface area (Å²) in [6, 6.07) is 0.510. The summed E-state index contributed by atoms with van der Waals surface area (Å²) in [5, 5.41) is 9.17. The van der Waals surface area contributed by atoms with Crippen molar-refractivity contribution in [1.82, 2.24) is 4.90 Å². The van der Waals surface area contributed by atoms with Crippen LogP contribution >= 0.6 is 0 Å². The van der Waals surface area contributed by atoms with Gasteiger partial charge in [-0.1, -0.05) is 6.42 Å². The highest BCUT2D eigenvalue weighted by Crippen LogP contribution is 2.34. The molecule has 0 aromatic rings. The lowest BCUT2D eigenvalue weighted by Gasteiger charge is -2.47. The fourth-order valence-electron chi connectivity index (χ4n) is 3.41. The van der Waals surface area contributed by atoms with Crippen LogP contribution in [0.3, 0.4) is 0 Å². The van der Waals surface area contributed by atoms with E-state index in [1.54, 1.807) is 0 Å². The lowest BCUT2D eigenvalue weighted by molar-refractivity contribution is -0.622. The Labute approximate surface area is 97.2 Å². The summed E-state index contributed by atoms with van der Waals surface area (Å²) in [7, 11) is 0. The van der Waals surface area contributed by atoms with Crippen LogP contribution in [0.15, 0.2) is 0 Å². The number of aliphatic hydroxyl groups excluding tert-OH is 1. The van der Waals surface area contributed by atoms with Crippen molar-refractivity contribution in [1.29, 1.82) is 0 Å². The van der Waals surface area contributed by atoms with Crippen molar-refractivity contribution in [2.75, 3.05) is 19.7 Å². The van der Waals surface area contributed by atoms with Gasteiger partial charge < -0.3 is 5.11 Å². The molecule has 0 radical (unpaired) electrons. The molecule has 2 atom stereocenters. The smallest absolute Gasteiger partial charge is 0.216 e. The molecule has 2 fully saturated rings. The molecule has 0 bridgehead atoms. The number of hydrogen-bond acceptors (Lipinski definition) is 3. The van der Waals surface area contributed by atoms with Gasteiger partial charge in [0, 0.05) is 22.6 Å². The number of nitroso groups, excluding NO2 is 1. The lowest BCUT2D eigenvalue weighted by Crippen LogP contribution is -2.66. The van der Waals surface area contributed by atoms with Crippen molar-refractivity contribution >= 4 is 0 Å². The maximum Gasteiger partial charge on any atom is 0.216 e. The van der Waals surface area contributed by atoms with Crippen LogP contribution in [0.2, 0.25) is 0 Å². The monoisotopic (exact) mass is 227 g/mol. The van der Waals surface area contributed by atoms with Crippen LogP contribution in [0.1, 0.15) is 39.5 Å². The van der Waals surface area contributed by atoms with Crippen LogP contribution < -0.4 is 0 Å². The molecule has 1 N–H and O–H groups in total. The van der Waals surface area contributed by atoms with Crippen LogP contribution in [0, 0.1) is 4.91 Å². The summed E-state index contributed by atoms with van der Waals surface area (Å²) in [6.07, 6.45) is 4.51. The van der Waals surface area contributed by atoms with Gasteiger partial charge in [-0.3, -0.25) is 4.90 Å². The van der Waals surface area contributed by atoms with E-state index in [0.717, 1.165) is 12.8 Å². The van der Waals surface area contributed by atoms with Gasteiger partial charge in [0.1, 0.15) is 0 Å². The first-order valence-electron chi connectivity index (χ1n) is 6.37. The Morgan fingerprint density at radius 2 is 2.06 bits per heavy atom. The first kappa shape index (κ1) is 12.0. The standard InChI is InChI=1S/C12H23N2O2/c1-12(2)9-14(16)11-6-4-3-5-10(11)13(12)7-8-15/h10-11,15H,3-9H2,1-2H3/q+1/t10-,11-/m0/s1. The Morgan fingerprint density at radius 1 is 1.38 bits per heavy atom. The Bertz CT molecular complexity index is 278. The molecule has 2 rings (SSSR count). The Kier molecular flexibility index (Phi) is 3.31. The van der Waals surface area contributed by atoms with E-state index >= 15 is 0 Å². The molecule has 0 aromatic heterocycles. The van der Waals surface area contributed by atoms with Crippen molar-refractivity contribution in [2.24, 2.45) is 0 Å². The molecule has 4 nitrogen and oxygen atoms in total. The number of aliphatic hydroxyl groups is 1. The molecule has 0 unspecified atom stereocenters. The quantitative estimate of drug-likeness (QED) is 0.720. The van der Waals surface area contributed by atoms with Gasteiger partial charge in [-0.15, -0.1) is 0 Å². The van der Waals surface area contributed by atoms with E-state index in [2.05, 4.69) is 18.7 Å². The summed E-state index contributed by atoms with van der Waals surface area (Å²) < 4.78 is 1.29. The summed E-state index contributed by atoms with van der Waals surface area (Å²) in [6.45, 7) is 5.67. The number of nitrogens with zero attached hydrogens (tertiary/aromatic N) is 2. The Morgan fingerprint density at radius 3 is 2.75 bits per heavy atom. The van der Waals surface area contributed by atoms with Crippen LogP contribution in [0.25, 0.3) is 0 Å². The minimum absolute atomic E-state index is 0.108. The average Bonchev–Trinajstić information content (AvgIpc) is 2.23. The largest absolute Gasteiger partial charge is 0.395 e. The van der Waals surface area contributed by atoms with Gasteiger partial charge in [-0.25, -0.2) is 0 Å². The minimum Gasteiger partial charge on any atom is -0.395 e. The summed E-state index contributed by atoms with van der Waals surface area (Å²) in [5.74, 6) is 0. The highest BCUT2D eigenvalue weighted by molar-refractivity contribution is 4.95. The molecular formula is C12H23N2O2+. The summed E-state index contributed by atoms with van der Waals surface area (Å²) >= 11 is 0. The highest BCUT2D eigenvalue weighted by atomic mass is 16.3. The van der Waals surface area contributed by atoms with Gasteiger partial charge in [-0.05, 0) is 26.7 Å². The molecule has 2 aliphatic rings. The number of fused-ring (bicyclic) bond motifs is 1. The zero-order valence-corrected chi connectivity index (χ0v) is 10.4. The van der Waals surface area contributed by atoms with Crippen molar-refractivity contribution in [2.45, 2.75) is 57.2 Å². The maximum absolute atomic E-state index is 12.0. The fourth-order valence-corrected chi connectivity index (χ4v) is 3.41. The van der Waals surface area contributed by atoms with Crippen LogP contribution in [-0.4, -0.2) is 52.1 Å².